The maximum absolute atomic E-state index is 13.0. The predicted octanol–water partition coefficient (Wildman–Crippen LogP) is 3.69. The molecule has 3 nitrogen and oxygen atoms in total. The number of amides is 1. The molecule has 0 heterocycles. The van der Waals surface area contributed by atoms with Crippen LogP contribution in [-0.4, -0.2) is 16.8 Å². The van der Waals surface area contributed by atoms with Crippen LogP contribution in [0, 0.1) is 16.7 Å². The molecule has 2 rings (SSSR count). The van der Waals surface area contributed by atoms with Gasteiger partial charge in [-0.25, -0.2) is 0 Å². The van der Waals surface area contributed by atoms with Gasteiger partial charge in [0.15, 0.2) is 0 Å². The van der Waals surface area contributed by atoms with Gasteiger partial charge >= 0.3 is 0 Å². The van der Waals surface area contributed by atoms with Crippen LogP contribution in [0.25, 0.3) is 0 Å². The zero-order valence-corrected chi connectivity index (χ0v) is 14.1. The molecule has 0 spiro atoms. The lowest BCUT2D eigenvalue weighted by Gasteiger charge is -2.28. The van der Waals surface area contributed by atoms with E-state index in [0.717, 1.165) is 11.3 Å². The van der Waals surface area contributed by atoms with E-state index >= 15 is 0 Å². The maximum Gasteiger partial charge on any atom is 0.227 e. The summed E-state index contributed by atoms with van der Waals surface area (Å²) in [7, 11) is 0. The van der Waals surface area contributed by atoms with Crippen molar-refractivity contribution in [1.29, 1.82) is 0 Å². The summed E-state index contributed by atoms with van der Waals surface area (Å²) in [6, 6.07) is 7.98. The van der Waals surface area contributed by atoms with E-state index in [0.29, 0.717) is 6.54 Å². The van der Waals surface area contributed by atoms with Gasteiger partial charge in [0, 0.05) is 24.2 Å². The van der Waals surface area contributed by atoms with Crippen LogP contribution < -0.4 is 5.73 Å². The number of carbonyl (C=O) groups is 1. The quantitative estimate of drug-likeness (QED) is 0.859. The van der Waals surface area contributed by atoms with Crippen molar-refractivity contribution >= 4 is 11.6 Å². The largest absolute Gasteiger partial charge is 0.399 e. The third-order valence-corrected chi connectivity index (χ3v) is 5.51. The van der Waals surface area contributed by atoms with Crippen molar-refractivity contribution in [2.24, 2.45) is 16.7 Å². The molecule has 0 unspecified atom stereocenters. The third-order valence-electron chi connectivity index (χ3n) is 5.51. The molecule has 0 bridgehead atoms. The number of nitrogens with two attached hydrogens (primary N) is 1. The number of nitrogens with zero attached hydrogens (tertiary/aromatic N) is 1. The molecule has 0 atom stereocenters. The summed E-state index contributed by atoms with van der Waals surface area (Å²) in [5.74, 6) is 0.387. The first-order valence-corrected chi connectivity index (χ1v) is 7.74. The summed E-state index contributed by atoms with van der Waals surface area (Å²) in [6.45, 7) is 13.6. The Bertz CT molecular complexity index is 515. The number of anilines is 1. The van der Waals surface area contributed by atoms with Crippen molar-refractivity contribution in [2.75, 3.05) is 5.73 Å². The smallest absolute Gasteiger partial charge is 0.227 e. The van der Waals surface area contributed by atoms with Crippen molar-refractivity contribution in [1.82, 2.24) is 4.90 Å². The van der Waals surface area contributed by atoms with Crippen LogP contribution in [0.5, 0.6) is 0 Å². The fraction of sp³-hybridized carbons (Fsp3) is 0.611. The van der Waals surface area contributed by atoms with Crippen molar-refractivity contribution in [3.8, 4) is 0 Å². The molecule has 1 fully saturated rings. The molecule has 0 saturated heterocycles. The van der Waals surface area contributed by atoms with E-state index in [-0.39, 0.29) is 28.7 Å². The Balaban J connectivity index is 2.17. The first kappa shape index (κ1) is 15.9. The van der Waals surface area contributed by atoms with E-state index < -0.39 is 0 Å². The van der Waals surface area contributed by atoms with Gasteiger partial charge in [-0.05, 0) is 42.4 Å². The van der Waals surface area contributed by atoms with Gasteiger partial charge in [0.05, 0.1) is 0 Å². The number of nitrogen functional groups attached to an aromatic ring is 1. The predicted molar refractivity (Wildman–Crippen MR) is 87.6 cm³/mol. The molecule has 21 heavy (non-hydrogen) atoms. The minimum absolute atomic E-state index is 0.0817. The first-order valence-electron chi connectivity index (χ1n) is 7.74. The second kappa shape index (κ2) is 5.04. The van der Waals surface area contributed by atoms with Crippen molar-refractivity contribution in [2.45, 2.75) is 54.1 Å². The number of benzene rings is 1. The van der Waals surface area contributed by atoms with Crippen molar-refractivity contribution in [3.63, 3.8) is 0 Å². The number of rotatable bonds is 4. The van der Waals surface area contributed by atoms with Crippen LogP contribution in [0.3, 0.4) is 0 Å². The number of carbonyl (C=O) groups excluding carboxylic acids is 1. The standard InChI is InChI=1S/C18H28N2O/c1-12(2)20(11-13-7-9-14(19)10-8-13)16(21)15-17(3,4)18(15,5)6/h7-10,12,15H,11,19H2,1-6H3. The van der Waals surface area contributed by atoms with Crippen LogP contribution in [0.2, 0.25) is 0 Å². The minimum Gasteiger partial charge on any atom is -0.399 e. The Morgan fingerprint density at radius 3 is 2.00 bits per heavy atom. The van der Waals surface area contributed by atoms with Crippen molar-refractivity contribution < 1.29 is 4.79 Å². The monoisotopic (exact) mass is 288 g/mol. The fourth-order valence-electron chi connectivity index (χ4n) is 3.31. The highest BCUT2D eigenvalue weighted by Crippen LogP contribution is 2.68. The summed E-state index contributed by atoms with van der Waals surface area (Å²) >= 11 is 0. The summed E-state index contributed by atoms with van der Waals surface area (Å²) in [5.41, 5.74) is 7.77. The van der Waals surface area contributed by atoms with E-state index in [4.69, 9.17) is 5.73 Å². The van der Waals surface area contributed by atoms with E-state index in [1.54, 1.807) is 0 Å². The molecule has 116 valence electrons. The fourth-order valence-corrected chi connectivity index (χ4v) is 3.31. The van der Waals surface area contributed by atoms with Gasteiger partial charge in [0.25, 0.3) is 0 Å². The van der Waals surface area contributed by atoms with Crippen LogP contribution in [0.4, 0.5) is 5.69 Å². The summed E-state index contributed by atoms with van der Waals surface area (Å²) in [5, 5.41) is 0. The SMILES string of the molecule is CC(C)N(Cc1ccc(N)cc1)C(=O)C1C(C)(C)C1(C)C. The van der Waals surface area contributed by atoms with Gasteiger partial charge in [-0.2, -0.15) is 0 Å². The highest BCUT2D eigenvalue weighted by atomic mass is 16.2. The van der Waals surface area contributed by atoms with Gasteiger partial charge in [-0.3, -0.25) is 4.79 Å². The maximum atomic E-state index is 13.0. The molecular weight excluding hydrogens is 260 g/mol. The highest BCUT2D eigenvalue weighted by Gasteiger charge is 2.68. The topological polar surface area (TPSA) is 46.3 Å². The average molecular weight is 288 g/mol. The van der Waals surface area contributed by atoms with Gasteiger partial charge in [0.2, 0.25) is 5.91 Å². The third kappa shape index (κ3) is 2.66. The molecule has 0 radical (unpaired) electrons. The van der Waals surface area contributed by atoms with Gasteiger partial charge in [-0.1, -0.05) is 39.8 Å². The first-order chi connectivity index (χ1) is 9.59. The highest BCUT2D eigenvalue weighted by molar-refractivity contribution is 5.84. The van der Waals surface area contributed by atoms with Gasteiger partial charge in [0.1, 0.15) is 0 Å². The van der Waals surface area contributed by atoms with Gasteiger partial charge < -0.3 is 10.6 Å². The second-order valence-corrected chi connectivity index (χ2v) is 7.68. The molecule has 0 aliphatic heterocycles. The Morgan fingerprint density at radius 2 is 1.62 bits per heavy atom. The average Bonchev–Trinajstić information content (AvgIpc) is 2.78. The normalized spacial score (nSPS) is 19.6. The summed E-state index contributed by atoms with van der Waals surface area (Å²) in [6.07, 6.45) is 0. The zero-order valence-electron chi connectivity index (χ0n) is 14.1. The van der Waals surface area contributed by atoms with E-state index in [1.165, 1.54) is 0 Å². The molecule has 1 aliphatic rings. The van der Waals surface area contributed by atoms with E-state index in [9.17, 15) is 4.79 Å². The lowest BCUT2D eigenvalue weighted by atomic mass is 10.0. The number of hydrogen-bond donors (Lipinski definition) is 1. The minimum atomic E-state index is 0.0817. The van der Waals surface area contributed by atoms with E-state index in [2.05, 4.69) is 41.5 Å². The van der Waals surface area contributed by atoms with Gasteiger partial charge in [-0.15, -0.1) is 0 Å². The van der Waals surface area contributed by atoms with Crippen LogP contribution in [-0.2, 0) is 11.3 Å². The molecule has 0 aromatic heterocycles. The van der Waals surface area contributed by atoms with E-state index in [1.807, 2.05) is 29.2 Å². The molecule has 1 aliphatic carbocycles. The summed E-state index contributed by atoms with van der Waals surface area (Å²) < 4.78 is 0. The number of hydrogen-bond acceptors (Lipinski definition) is 2. The molecule has 1 saturated carbocycles. The molecule has 1 aromatic rings. The van der Waals surface area contributed by atoms with Crippen LogP contribution in [0.15, 0.2) is 24.3 Å². The molecule has 3 heteroatoms. The molecule has 2 N–H and O–H groups in total. The molecule has 1 aromatic carbocycles. The summed E-state index contributed by atoms with van der Waals surface area (Å²) in [4.78, 5) is 14.9. The lowest BCUT2D eigenvalue weighted by Crippen LogP contribution is -2.38. The Kier molecular flexibility index (Phi) is 3.81. The second-order valence-electron chi connectivity index (χ2n) is 7.68. The van der Waals surface area contributed by atoms with Crippen LogP contribution >= 0.6 is 0 Å². The zero-order chi connectivity index (χ0) is 16.0. The Morgan fingerprint density at radius 1 is 1.14 bits per heavy atom. The molecular formula is C18H28N2O. The van der Waals surface area contributed by atoms with Crippen molar-refractivity contribution in [3.05, 3.63) is 29.8 Å². The van der Waals surface area contributed by atoms with Crippen LogP contribution in [0.1, 0.15) is 47.1 Å². The lowest BCUT2D eigenvalue weighted by molar-refractivity contribution is -0.136. The Labute approximate surface area is 128 Å². The Hall–Kier alpha value is -1.51. The molecule has 1 amide bonds.